The number of hydrogen-bond acceptors (Lipinski definition) is 2. The summed E-state index contributed by atoms with van der Waals surface area (Å²) in [5, 5.41) is 0. The van der Waals surface area contributed by atoms with Crippen LogP contribution in [-0.4, -0.2) is 7.11 Å². The molecule has 1 rings (SSSR count). The van der Waals surface area contributed by atoms with Crippen molar-refractivity contribution >= 4 is 6.08 Å². The molecule has 0 saturated carbocycles. The van der Waals surface area contributed by atoms with E-state index in [9.17, 15) is 0 Å². The molecule has 2 heteroatoms. The topological polar surface area (TPSA) is 18.5 Å². The molecular weight excluding hydrogens is 140 g/mol. The summed E-state index contributed by atoms with van der Waals surface area (Å²) in [4.78, 5) is 8.93. The maximum atomic E-state index is 4.56. The zero-order chi connectivity index (χ0) is 7.94. The molecule has 0 aromatic heterocycles. The third kappa shape index (κ3) is 2.87. The van der Waals surface area contributed by atoms with Crippen LogP contribution in [0, 0.1) is 0 Å². The van der Waals surface area contributed by atoms with Crippen LogP contribution in [0.1, 0.15) is 5.56 Å². The molecule has 1 aromatic carbocycles. The Morgan fingerprint density at radius 1 is 1.18 bits per heavy atom. The van der Waals surface area contributed by atoms with Gasteiger partial charge >= 0.3 is 0 Å². The second-order valence-corrected chi connectivity index (χ2v) is 1.98. The largest absolute Gasteiger partial charge is 0.346 e. The highest BCUT2D eigenvalue weighted by Gasteiger charge is 1.80. The van der Waals surface area contributed by atoms with Crippen LogP contribution in [0.3, 0.4) is 0 Å². The van der Waals surface area contributed by atoms with Crippen molar-refractivity contribution in [3.05, 3.63) is 42.2 Å². The van der Waals surface area contributed by atoms with Crippen molar-refractivity contribution in [2.24, 2.45) is 0 Å². The van der Waals surface area contributed by atoms with Crippen LogP contribution in [0.5, 0.6) is 0 Å². The molecule has 0 bridgehead atoms. The van der Waals surface area contributed by atoms with Crippen LogP contribution in [0.4, 0.5) is 0 Å². The number of benzene rings is 1. The van der Waals surface area contributed by atoms with Gasteiger partial charge in [-0.2, -0.15) is 4.89 Å². The average molecular weight is 150 g/mol. The molecule has 0 unspecified atom stereocenters. The Balaban J connectivity index is 2.50. The first-order valence-corrected chi connectivity index (χ1v) is 3.34. The third-order valence-corrected chi connectivity index (χ3v) is 1.21. The minimum absolute atomic E-state index is 1.09. The van der Waals surface area contributed by atoms with Crippen molar-refractivity contribution < 1.29 is 9.78 Å². The van der Waals surface area contributed by atoms with Crippen molar-refractivity contribution in [3.8, 4) is 0 Å². The highest BCUT2D eigenvalue weighted by atomic mass is 17.2. The quantitative estimate of drug-likeness (QED) is 0.373. The minimum Gasteiger partial charge on any atom is -0.346 e. The van der Waals surface area contributed by atoms with Gasteiger partial charge in [0.1, 0.15) is 6.26 Å². The Kier molecular flexibility index (Phi) is 3.22. The van der Waals surface area contributed by atoms with E-state index in [0.717, 1.165) is 5.56 Å². The summed E-state index contributed by atoms with van der Waals surface area (Å²) in [6.45, 7) is 0. The number of rotatable bonds is 3. The maximum absolute atomic E-state index is 4.56. The van der Waals surface area contributed by atoms with Crippen LogP contribution in [0.15, 0.2) is 36.6 Å². The van der Waals surface area contributed by atoms with Gasteiger partial charge in [0.15, 0.2) is 0 Å². The fourth-order valence-corrected chi connectivity index (χ4v) is 0.726. The first-order valence-electron chi connectivity index (χ1n) is 3.34. The molecule has 0 fully saturated rings. The summed E-state index contributed by atoms with van der Waals surface area (Å²) in [5.74, 6) is 0. The smallest absolute Gasteiger partial charge is 0.130 e. The summed E-state index contributed by atoms with van der Waals surface area (Å²) < 4.78 is 0. The second kappa shape index (κ2) is 4.52. The molecule has 0 saturated heterocycles. The van der Waals surface area contributed by atoms with Crippen molar-refractivity contribution in [2.45, 2.75) is 0 Å². The Morgan fingerprint density at radius 2 is 1.91 bits per heavy atom. The predicted molar refractivity (Wildman–Crippen MR) is 43.6 cm³/mol. The molecule has 0 amide bonds. The van der Waals surface area contributed by atoms with E-state index in [4.69, 9.17) is 0 Å². The molecule has 0 N–H and O–H groups in total. The van der Waals surface area contributed by atoms with Gasteiger partial charge in [0, 0.05) is 0 Å². The molecule has 0 aliphatic rings. The van der Waals surface area contributed by atoms with Crippen LogP contribution in [0.25, 0.3) is 6.08 Å². The van der Waals surface area contributed by atoms with Crippen molar-refractivity contribution in [3.63, 3.8) is 0 Å². The van der Waals surface area contributed by atoms with Gasteiger partial charge in [0.2, 0.25) is 0 Å². The number of hydrogen-bond donors (Lipinski definition) is 0. The van der Waals surface area contributed by atoms with Gasteiger partial charge in [0.25, 0.3) is 0 Å². The molecule has 11 heavy (non-hydrogen) atoms. The molecular formula is C9H10O2. The molecule has 0 radical (unpaired) electrons. The van der Waals surface area contributed by atoms with Crippen molar-refractivity contribution in [2.75, 3.05) is 7.11 Å². The summed E-state index contributed by atoms with van der Waals surface area (Å²) >= 11 is 0. The van der Waals surface area contributed by atoms with E-state index >= 15 is 0 Å². The van der Waals surface area contributed by atoms with Gasteiger partial charge in [-0.1, -0.05) is 30.3 Å². The fourth-order valence-electron chi connectivity index (χ4n) is 0.726. The highest BCUT2D eigenvalue weighted by molar-refractivity contribution is 5.47. The summed E-state index contributed by atoms with van der Waals surface area (Å²) in [5.41, 5.74) is 1.09. The van der Waals surface area contributed by atoms with E-state index in [-0.39, 0.29) is 0 Å². The van der Waals surface area contributed by atoms with E-state index in [2.05, 4.69) is 9.78 Å². The summed E-state index contributed by atoms with van der Waals surface area (Å²) in [6.07, 6.45) is 3.32. The highest BCUT2D eigenvalue weighted by Crippen LogP contribution is 2.00. The van der Waals surface area contributed by atoms with Crippen molar-refractivity contribution in [1.82, 2.24) is 0 Å². The molecule has 1 aromatic rings. The average Bonchev–Trinajstić information content (AvgIpc) is 2.07. The SMILES string of the molecule is COO/C=C\c1ccccc1. The van der Waals surface area contributed by atoms with Crippen LogP contribution >= 0.6 is 0 Å². The van der Waals surface area contributed by atoms with Gasteiger partial charge in [0.05, 0.1) is 7.11 Å². The van der Waals surface area contributed by atoms with Crippen LogP contribution in [-0.2, 0) is 9.78 Å². The van der Waals surface area contributed by atoms with Gasteiger partial charge in [-0.05, 0) is 11.6 Å². The molecule has 58 valence electrons. The minimum atomic E-state index is 1.09. The second-order valence-electron chi connectivity index (χ2n) is 1.98. The van der Waals surface area contributed by atoms with Gasteiger partial charge in [-0.3, -0.25) is 0 Å². The van der Waals surface area contributed by atoms with Gasteiger partial charge < -0.3 is 4.89 Å². The molecule has 0 spiro atoms. The van der Waals surface area contributed by atoms with Crippen LogP contribution < -0.4 is 0 Å². The first-order chi connectivity index (χ1) is 5.43. The lowest BCUT2D eigenvalue weighted by atomic mass is 10.2. The van der Waals surface area contributed by atoms with E-state index in [1.165, 1.54) is 13.4 Å². The lowest BCUT2D eigenvalue weighted by Gasteiger charge is -1.91. The monoisotopic (exact) mass is 150 g/mol. The Morgan fingerprint density at radius 3 is 2.55 bits per heavy atom. The lowest BCUT2D eigenvalue weighted by molar-refractivity contribution is -0.221. The predicted octanol–water partition coefficient (Wildman–Crippen LogP) is 2.24. The Hall–Kier alpha value is -1.28. The lowest BCUT2D eigenvalue weighted by Crippen LogP contribution is -1.75. The molecule has 0 heterocycles. The maximum Gasteiger partial charge on any atom is 0.130 e. The van der Waals surface area contributed by atoms with Crippen LogP contribution in [0.2, 0.25) is 0 Å². The zero-order valence-corrected chi connectivity index (χ0v) is 6.36. The van der Waals surface area contributed by atoms with E-state index in [1.807, 2.05) is 36.4 Å². The molecule has 0 atom stereocenters. The summed E-state index contributed by atoms with van der Waals surface area (Å²) in [7, 11) is 1.47. The Bertz CT molecular complexity index is 216. The first kappa shape index (κ1) is 7.82. The third-order valence-electron chi connectivity index (χ3n) is 1.21. The molecule has 0 aliphatic carbocycles. The normalized spacial score (nSPS) is 10.3. The van der Waals surface area contributed by atoms with E-state index in [1.54, 1.807) is 0 Å². The standard InChI is InChI=1S/C9H10O2/c1-10-11-8-7-9-5-3-2-4-6-9/h2-8H,1H3/b8-7-. The fraction of sp³-hybridized carbons (Fsp3) is 0.111. The summed E-state index contributed by atoms with van der Waals surface area (Å²) in [6, 6.07) is 9.86. The van der Waals surface area contributed by atoms with E-state index in [0.29, 0.717) is 0 Å². The molecule has 0 aliphatic heterocycles. The van der Waals surface area contributed by atoms with E-state index < -0.39 is 0 Å². The van der Waals surface area contributed by atoms with Gasteiger partial charge in [-0.25, -0.2) is 0 Å². The van der Waals surface area contributed by atoms with Crippen molar-refractivity contribution in [1.29, 1.82) is 0 Å². The molecule has 2 nitrogen and oxygen atoms in total. The van der Waals surface area contributed by atoms with Gasteiger partial charge in [-0.15, -0.1) is 0 Å². The zero-order valence-electron chi connectivity index (χ0n) is 6.36. The Labute approximate surface area is 66.0 Å².